The molecular formula is C17H24N2O2. The summed E-state index contributed by atoms with van der Waals surface area (Å²) >= 11 is 0. The molecule has 4 heteroatoms. The summed E-state index contributed by atoms with van der Waals surface area (Å²) in [6.45, 7) is 6.82. The predicted molar refractivity (Wildman–Crippen MR) is 83.1 cm³/mol. The molecule has 0 aromatic heterocycles. The molecule has 1 saturated carbocycles. The summed E-state index contributed by atoms with van der Waals surface area (Å²) in [6, 6.07) is 7.94. The van der Waals surface area contributed by atoms with Crippen LogP contribution in [0.5, 0.6) is 0 Å². The molecule has 1 heterocycles. The van der Waals surface area contributed by atoms with Crippen LogP contribution in [-0.2, 0) is 9.53 Å². The summed E-state index contributed by atoms with van der Waals surface area (Å²) in [6.07, 6.45) is 0.982. The van der Waals surface area contributed by atoms with E-state index in [2.05, 4.69) is 0 Å². The summed E-state index contributed by atoms with van der Waals surface area (Å²) < 4.78 is 5.77. The lowest BCUT2D eigenvalue weighted by molar-refractivity contribution is -0.172. The highest BCUT2D eigenvalue weighted by Gasteiger charge is 2.71. The van der Waals surface area contributed by atoms with Gasteiger partial charge >= 0.3 is 0 Å². The molecule has 1 aliphatic carbocycles. The Balaban J connectivity index is 1.91. The number of nitrogens with zero attached hydrogens (tertiary/aromatic N) is 1. The number of carbonyl (C=O) groups excluding carboxylic acids is 1. The fraction of sp³-hybridized carbons (Fsp3) is 0.588. The molecule has 1 amide bonds. The average Bonchev–Trinajstić information content (AvgIpc) is 2.93. The van der Waals surface area contributed by atoms with E-state index in [1.807, 2.05) is 52.1 Å². The van der Waals surface area contributed by atoms with Crippen molar-refractivity contribution in [2.75, 3.05) is 18.6 Å². The van der Waals surface area contributed by atoms with Crippen molar-refractivity contribution in [3.63, 3.8) is 0 Å². The molecule has 1 aromatic rings. The average molecular weight is 288 g/mol. The summed E-state index contributed by atoms with van der Waals surface area (Å²) in [4.78, 5) is 14.8. The first-order valence-electron chi connectivity index (χ1n) is 7.55. The predicted octanol–water partition coefficient (Wildman–Crippen LogP) is 2.10. The highest BCUT2D eigenvalue weighted by atomic mass is 16.5. The van der Waals surface area contributed by atoms with Crippen molar-refractivity contribution >= 4 is 11.6 Å². The Hall–Kier alpha value is -1.39. The lowest BCUT2D eigenvalue weighted by atomic mass is 9.47. The standard InChI is InChI=1S/C17H24N2O2/c1-11-6-5-7-12(10-11)19(4)15(20)17(18)13-8-9-21-14(13)16(17,2)3/h5-7,10,13-14H,8-9,18H2,1-4H3. The lowest BCUT2D eigenvalue weighted by Gasteiger charge is -2.61. The molecule has 21 heavy (non-hydrogen) atoms. The highest BCUT2D eigenvalue weighted by Crippen LogP contribution is 2.58. The maximum absolute atomic E-state index is 13.1. The third kappa shape index (κ3) is 1.79. The molecule has 1 aromatic carbocycles. The van der Waals surface area contributed by atoms with Gasteiger partial charge in [0.15, 0.2) is 0 Å². The molecule has 3 unspecified atom stereocenters. The number of hydrogen-bond acceptors (Lipinski definition) is 3. The lowest BCUT2D eigenvalue weighted by Crippen LogP contribution is -2.80. The Kier molecular flexibility index (Phi) is 3.15. The Morgan fingerprint density at radius 2 is 2.14 bits per heavy atom. The Morgan fingerprint density at radius 1 is 1.43 bits per heavy atom. The molecule has 4 nitrogen and oxygen atoms in total. The van der Waals surface area contributed by atoms with Gasteiger partial charge in [-0.3, -0.25) is 4.79 Å². The van der Waals surface area contributed by atoms with Crippen LogP contribution in [0.3, 0.4) is 0 Å². The third-order valence-corrected chi connectivity index (χ3v) is 5.50. The molecule has 1 aliphatic heterocycles. The van der Waals surface area contributed by atoms with Crippen LogP contribution in [0, 0.1) is 18.3 Å². The van der Waals surface area contributed by atoms with Gasteiger partial charge in [-0.1, -0.05) is 26.0 Å². The minimum atomic E-state index is -0.841. The summed E-state index contributed by atoms with van der Waals surface area (Å²) in [5.41, 5.74) is 7.47. The number of benzene rings is 1. The summed E-state index contributed by atoms with van der Waals surface area (Å²) in [7, 11) is 1.81. The van der Waals surface area contributed by atoms with Gasteiger partial charge in [-0.15, -0.1) is 0 Å². The normalized spacial score (nSPS) is 33.2. The van der Waals surface area contributed by atoms with Crippen LogP contribution in [0.15, 0.2) is 24.3 Å². The van der Waals surface area contributed by atoms with Gasteiger partial charge in [-0.25, -0.2) is 0 Å². The van der Waals surface area contributed by atoms with Gasteiger partial charge in [0.05, 0.1) is 6.10 Å². The Morgan fingerprint density at radius 3 is 2.81 bits per heavy atom. The zero-order valence-corrected chi connectivity index (χ0v) is 13.2. The molecule has 0 bridgehead atoms. The first-order valence-corrected chi connectivity index (χ1v) is 7.55. The van der Waals surface area contributed by atoms with Crippen molar-refractivity contribution in [1.82, 2.24) is 0 Å². The monoisotopic (exact) mass is 288 g/mol. The number of aryl methyl sites for hydroxylation is 1. The number of amides is 1. The van der Waals surface area contributed by atoms with Crippen LogP contribution in [-0.4, -0.2) is 31.2 Å². The second-order valence-corrected chi connectivity index (χ2v) is 6.98. The molecule has 0 spiro atoms. The fourth-order valence-corrected chi connectivity index (χ4v) is 4.05. The van der Waals surface area contributed by atoms with Crippen LogP contribution >= 0.6 is 0 Å². The maximum atomic E-state index is 13.1. The number of likely N-dealkylation sites (N-methyl/N-ethyl adjacent to an activating group) is 1. The van der Waals surface area contributed by atoms with Crippen molar-refractivity contribution in [1.29, 1.82) is 0 Å². The van der Waals surface area contributed by atoms with E-state index in [0.717, 1.165) is 17.7 Å². The third-order valence-electron chi connectivity index (χ3n) is 5.50. The van der Waals surface area contributed by atoms with E-state index < -0.39 is 5.54 Å². The number of hydrogen-bond donors (Lipinski definition) is 1. The van der Waals surface area contributed by atoms with E-state index in [1.165, 1.54) is 0 Å². The molecule has 3 atom stereocenters. The van der Waals surface area contributed by atoms with Gasteiger partial charge in [0, 0.05) is 30.7 Å². The van der Waals surface area contributed by atoms with E-state index in [-0.39, 0.29) is 23.3 Å². The van der Waals surface area contributed by atoms with Crippen molar-refractivity contribution in [3.8, 4) is 0 Å². The molecule has 114 valence electrons. The first-order chi connectivity index (χ1) is 9.80. The van der Waals surface area contributed by atoms with E-state index in [4.69, 9.17) is 10.5 Å². The first kappa shape index (κ1) is 14.5. The van der Waals surface area contributed by atoms with Crippen LogP contribution in [0.1, 0.15) is 25.8 Å². The SMILES string of the molecule is Cc1cccc(N(C)C(=O)C2(N)C3CCOC3C2(C)C)c1. The number of fused-ring (bicyclic) bond motifs is 1. The van der Waals surface area contributed by atoms with E-state index in [0.29, 0.717) is 6.61 Å². The zero-order valence-electron chi connectivity index (χ0n) is 13.2. The number of rotatable bonds is 2. The molecular weight excluding hydrogens is 264 g/mol. The smallest absolute Gasteiger partial charge is 0.247 e. The summed E-state index contributed by atoms with van der Waals surface area (Å²) in [5, 5.41) is 0. The van der Waals surface area contributed by atoms with Gasteiger partial charge in [-0.2, -0.15) is 0 Å². The largest absolute Gasteiger partial charge is 0.377 e. The minimum Gasteiger partial charge on any atom is -0.377 e. The van der Waals surface area contributed by atoms with Gasteiger partial charge in [0.1, 0.15) is 5.54 Å². The zero-order chi connectivity index (χ0) is 15.4. The number of anilines is 1. The number of nitrogens with two attached hydrogens (primary N) is 1. The molecule has 3 rings (SSSR count). The second-order valence-electron chi connectivity index (χ2n) is 6.98. The van der Waals surface area contributed by atoms with E-state index >= 15 is 0 Å². The molecule has 1 saturated heterocycles. The highest BCUT2D eigenvalue weighted by molar-refractivity contribution is 6.01. The Bertz CT molecular complexity index is 584. The van der Waals surface area contributed by atoms with E-state index in [9.17, 15) is 4.79 Å². The van der Waals surface area contributed by atoms with Crippen LogP contribution in [0.25, 0.3) is 0 Å². The maximum Gasteiger partial charge on any atom is 0.247 e. The minimum absolute atomic E-state index is 0.00940. The quantitative estimate of drug-likeness (QED) is 0.906. The van der Waals surface area contributed by atoms with Gasteiger partial charge in [-0.05, 0) is 31.0 Å². The number of ether oxygens (including phenoxy) is 1. The van der Waals surface area contributed by atoms with E-state index in [1.54, 1.807) is 4.90 Å². The van der Waals surface area contributed by atoms with Gasteiger partial charge in [0.2, 0.25) is 5.91 Å². The van der Waals surface area contributed by atoms with Gasteiger partial charge < -0.3 is 15.4 Å². The molecule has 2 fully saturated rings. The molecule has 2 aliphatic rings. The second kappa shape index (κ2) is 4.55. The van der Waals surface area contributed by atoms with Crippen molar-refractivity contribution in [2.24, 2.45) is 17.1 Å². The van der Waals surface area contributed by atoms with Crippen LogP contribution in [0.4, 0.5) is 5.69 Å². The molecule has 2 N–H and O–H groups in total. The summed E-state index contributed by atoms with van der Waals surface area (Å²) in [5.74, 6) is 0.122. The van der Waals surface area contributed by atoms with Gasteiger partial charge in [0.25, 0.3) is 0 Å². The van der Waals surface area contributed by atoms with Crippen LogP contribution in [0.2, 0.25) is 0 Å². The van der Waals surface area contributed by atoms with Crippen molar-refractivity contribution in [2.45, 2.75) is 38.8 Å². The van der Waals surface area contributed by atoms with Crippen molar-refractivity contribution in [3.05, 3.63) is 29.8 Å². The topological polar surface area (TPSA) is 55.6 Å². The van der Waals surface area contributed by atoms with Crippen molar-refractivity contribution < 1.29 is 9.53 Å². The van der Waals surface area contributed by atoms with Crippen LogP contribution < -0.4 is 10.6 Å². The fourth-order valence-electron chi connectivity index (χ4n) is 4.05. The Labute approximate surface area is 126 Å². The molecule has 0 radical (unpaired) electrons. The number of carbonyl (C=O) groups is 1.